The third-order valence-electron chi connectivity index (χ3n) is 2.76. The highest BCUT2D eigenvalue weighted by molar-refractivity contribution is 7.17. The molecule has 20 heavy (non-hydrogen) atoms. The summed E-state index contributed by atoms with van der Waals surface area (Å²) < 4.78 is 6.07. The van der Waals surface area contributed by atoms with Crippen LogP contribution >= 0.6 is 11.3 Å². The second-order valence-corrected chi connectivity index (χ2v) is 6.60. The fourth-order valence-electron chi connectivity index (χ4n) is 2.03. The topological polar surface area (TPSA) is 51.2 Å². The maximum atomic E-state index is 12.1. The molecule has 0 bridgehead atoms. The monoisotopic (exact) mass is 292 g/mol. The van der Waals surface area contributed by atoms with Gasteiger partial charge in [-0.15, -0.1) is 11.3 Å². The highest BCUT2D eigenvalue weighted by Crippen LogP contribution is 2.33. The molecule has 0 unspecified atom stereocenters. The van der Waals surface area contributed by atoms with Crippen LogP contribution < -0.4 is 5.32 Å². The van der Waals surface area contributed by atoms with E-state index in [4.69, 9.17) is 4.74 Å². The number of ether oxygens (including phenoxy) is 1. The van der Waals surface area contributed by atoms with Gasteiger partial charge in [0.15, 0.2) is 0 Å². The Labute approximate surface area is 123 Å². The van der Waals surface area contributed by atoms with Gasteiger partial charge < -0.3 is 10.1 Å². The zero-order valence-electron chi connectivity index (χ0n) is 12.5. The van der Waals surface area contributed by atoms with Gasteiger partial charge in [0.05, 0.1) is 22.6 Å². The number of hydrogen-bond donors (Lipinski definition) is 1. The normalized spacial score (nSPS) is 11.7. The van der Waals surface area contributed by atoms with Crippen molar-refractivity contribution in [2.45, 2.75) is 40.2 Å². The SMILES string of the molecule is CCOC(=O)c1c(C)nc(NC(C)(C)C)c2ccsc12. The molecule has 2 rings (SSSR count). The Balaban J connectivity index is 2.58. The Morgan fingerprint density at radius 3 is 2.75 bits per heavy atom. The van der Waals surface area contributed by atoms with Crippen molar-refractivity contribution < 1.29 is 9.53 Å². The van der Waals surface area contributed by atoms with Crippen molar-refractivity contribution >= 4 is 33.2 Å². The number of aryl methyl sites for hydroxylation is 1. The van der Waals surface area contributed by atoms with Crippen LogP contribution in [0.3, 0.4) is 0 Å². The first-order valence-corrected chi connectivity index (χ1v) is 7.54. The highest BCUT2D eigenvalue weighted by Gasteiger charge is 2.21. The van der Waals surface area contributed by atoms with E-state index >= 15 is 0 Å². The molecule has 4 nitrogen and oxygen atoms in total. The molecule has 0 fully saturated rings. The summed E-state index contributed by atoms with van der Waals surface area (Å²) in [5.74, 6) is 0.520. The lowest BCUT2D eigenvalue weighted by atomic mass is 10.1. The van der Waals surface area contributed by atoms with Crippen molar-refractivity contribution in [1.82, 2.24) is 4.98 Å². The molecule has 0 aliphatic carbocycles. The summed E-state index contributed by atoms with van der Waals surface area (Å²) >= 11 is 1.54. The summed E-state index contributed by atoms with van der Waals surface area (Å²) in [6.45, 7) is 10.3. The molecule has 108 valence electrons. The molecular formula is C15H20N2O2S. The van der Waals surface area contributed by atoms with E-state index in [0.717, 1.165) is 15.9 Å². The first-order chi connectivity index (χ1) is 9.33. The predicted molar refractivity (Wildman–Crippen MR) is 83.7 cm³/mol. The summed E-state index contributed by atoms with van der Waals surface area (Å²) in [6.07, 6.45) is 0. The van der Waals surface area contributed by atoms with Gasteiger partial charge in [0.2, 0.25) is 0 Å². The van der Waals surface area contributed by atoms with Gasteiger partial charge in [-0.2, -0.15) is 0 Å². The number of carbonyl (C=O) groups excluding carboxylic acids is 1. The minimum atomic E-state index is -0.299. The molecule has 0 aliphatic heterocycles. The fraction of sp³-hybridized carbons (Fsp3) is 0.467. The molecular weight excluding hydrogens is 272 g/mol. The van der Waals surface area contributed by atoms with Gasteiger partial charge in [0.25, 0.3) is 0 Å². The van der Waals surface area contributed by atoms with Crippen LogP contribution in [-0.2, 0) is 4.74 Å². The van der Waals surface area contributed by atoms with Crippen LogP contribution in [0.1, 0.15) is 43.7 Å². The minimum Gasteiger partial charge on any atom is -0.462 e. The average molecular weight is 292 g/mol. The molecule has 0 aliphatic rings. The molecule has 2 aromatic heterocycles. The number of nitrogens with one attached hydrogen (secondary N) is 1. The van der Waals surface area contributed by atoms with E-state index in [1.54, 1.807) is 11.3 Å². The van der Waals surface area contributed by atoms with Crippen molar-refractivity contribution in [2.24, 2.45) is 0 Å². The summed E-state index contributed by atoms with van der Waals surface area (Å²) in [7, 11) is 0. The van der Waals surface area contributed by atoms with Gasteiger partial charge in [0.1, 0.15) is 5.82 Å². The zero-order valence-corrected chi connectivity index (χ0v) is 13.4. The Morgan fingerprint density at radius 1 is 1.45 bits per heavy atom. The molecule has 0 atom stereocenters. The smallest absolute Gasteiger partial charge is 0.341 e. The number of nitrogens with zero attached hydrogens (tertiary/aromatic N) is 1. The van der Waals surface area contributed by atoms with E-state index in [1.807, 2.05) is 25.3 Å². The molecule has 0 amide bonds. The Hall–Kier alpha value is -1.62. The Morgan fingerprint density at radius 2 is 2.15 bits per heavy atom. The maximum absolute atomic E-state index is 12.1. The molecule has 0 saturated heterocycles. The van der Waals surface area contributed by atoms with Crippen molar-refractivity contribution in [1.29, 1.82) is 0 Å². The molecule has 0 spiro atoms. The van der Waals surface area contributed by atoms with E-state index in [2.05, 4.69) is 31.1 Å². The van der Waals surface area contributed by atoms with E-state index in [9.17, 15) is 4.79 Å². The largest absolute Gasteiger partial charge is 0.462 e. The van der Waals surface area contributed by atoms with Crippen molar-refractivity contribution in [3.63, 3.8) is 0 Å². The number of rotatable bonds is 3. The molecule has 0 aromatic carbocycles. The van der Waals surface area contributed by atoms with E-state index < -0.39 is 0 Å². The summed E-state index contributed by atoms with van der Waals surface area (Å²) in [6, 6.07) is 1.99. The van der Waals surface area contributed by atoms with Crippen molar-refractivity contribution in [3.05, 3.63) is 22.7 Å². The van der Waals surface area contributed by atoms with Crippen LogP contribution in [0.15, 0.2) is 11.4 Å². The summed E-state index contributed by atoms with van der Waals surface area (Å²) in [5.41, 5.74) is 1.20. The predicted octanol–water partition coefficient (Wildman–Crippen LogP) is 3.99. The molecule has 5 heteroatoms. The van der Waals surface area contributed by atoms with Crippen LogP contribution in [0, 0.1) is 6.92 Å². The molecule has 2 aromatic rings. The standard InChI is InChI=1S/C15H20N2O2S/c1-6-19-14(18)11-9(2)16-13(17-15(3,4)5)10-7-8-20-12(10)11/h7-8H,6H2,1-5H3,(H,16,17). The number of esters is 1. The van der Waals surface area contributed by atoms with Gasteiger partial charge in [0, 0.05) is 10.9 Å². The van der Waals surface area contributed by atoms with E-state index in [-0.39, 0.29) is 11.5 Å². The van der Waals surface area contributed by atoms with Crippen molar-refractivity contribution in [2.75, 3.05) is 11.9 Å². The number of aromatic nitrogens is 1. The van der Waals surface area contributed by atoms with Crippen LogP contribution in [0.4, 0.5) is 5.82 Å². The number of thiophene rings is 1. The third kappa shape index (κ3) is 2.93. The number of carbonyl (C=O) groups is 1. The van der Waals surface area contributed by atoms with Gasteiger partial charge in [-0.25, -0.2) is 9.78 Å². The first-order valence-electron chi connectivity index (χ1n) is 6.66. The first kappa shape index (κ1) is 14.8. The molecule has 1 N–H and O–H groups in total. The number of anilines is 1. The summed E-state index contributed by atoms with van der Waals surface area (Å²) in [5, 5.41) is 6.34. The van der Waals surface area contributed by atoms with Gasteiger partial charge in [-0.05, 0) is 46.1 Å². The maximum Gasteiger partial charge on any atom is 0.341 e. The number of pyridine rings is 1. The van der Waals surface area contributed by atoms with Crippen molar-refractivity contribution in [3.8, 4) is 0 Å². The minimum absolute atomic E-state index is 0.0836. The van der Waals surface area contributed by atoms with Crippen LogP contribution in [-0.4, -0.2) is 23.1 Å². The Kier molecular flexibility index (Phi) is 3.99. The van der Waals surface area contributed by atoms with Crippen LogP contribution in [0.5, 0.6) is 0 Å². The number of fused-ring (bicyclic) bond motifs is 1. The zero-order chi connectivity index (χ0) is 14.9. The average Bonchev–Trinajstić information content (AvgIpc) is 2.76. The lowest BCUT2D eigenvalue weighted by Crippen LogP contribution is -2.27. The summed E-state index contributed by atoms with van der Waals surface area (Å²) in [4.78, 5) is 16.7. The van der Waals surface area contributed by atoms with E-state index in [1.165, 1.54) is 0 Å². The van der Waals surface area contributed by atoms with E-state index in [0.29, 0.717) is 17.9 Å². The lowest BCUT2D eigenvalue weighted by molar-refractivity contribution is 0.0527. The van der Waals surface area contributed by atoms with Crippen LogP contribution in [0.2, 0.25) is 0 Å². The lowest BCUT2D eigenvalue weighted by Gasteiger charge is -2.22. The van der Waals surface area contributed by atoms with Gasteiger partial charge >= 0.3 is 5.97 Å². The third-order valence-corrected chi connectivity index (χ3v) is 3.69. The second kappa shape index (κ2) is 5.40. The quantitative estimate of drug-likeness (QED) is 0.869. The molecule has 2 heterocycles. The highest BCUT2D eigenvalue weighted by atomic mass is 32.1. The molecule has 0 saturated carbocycles. The molecule has 0 radical (unpaired) electrons. The second-order valence-electron chi connectivity index (χ2n) is 5.68. The van der Waals surface area contributed by atoms with Gasteiger partial charge in [-0.3, -0.25) is 0 Å². The van der Waals surface area contributed by atoms with Crippen LogP contribution in [0.25, 0.3) is 10.1 Å². The number of hydrogen-bond acceptors (Lipinski definition) is 5. The fourth-order valence-corrected chi connectivity index (χ4v) is 3.01. The van der Waals surface area contributed by atoms with Gasteiger partial charge in [-0.1, -0.05) is 0 Å². The Bertz CT molecular complexity index is 641.